The van der Waals surface area contributed by atoms with Gasteiger partial charge in [0.05, 0.1) is 0 Å². The van der Waals surface area contributed by atoms with Crippen LogP contribution in [0, 0.1) is 19.8 Å². The van der Waals surface area contributed by atoms with E-state index < -0.39 is 0 Å². The highest BCUT2D eigenvalue weighted by Crippen LogP contribution is 2.30. The number of nitrogens with one attached hydrogen (secondary N) is 1. The molecule has 1 N–H and O–H groups in total. The second-order valence-corrected chi connectivity index (χ2v) is 10.4. The van der Waals surface area contributed by atoms with E-state index in [0.29, 0.717) is 24.5 Å². The standard InChI is InChI=1S/C27H38N6O/c1-19-16-20(2)30-27(29-19)32-14-11-21(12-15-32)26(34)33-17-22-6-4-5-7-25(22)28-13-10-23-8-9-24(18-33)31(23)3/h4-7,16,21,23-24,28H,8-15,17-18H2,1-3H3/t23-,24+/m0/s1. The Balaban J connectivity index is 1.32. The molecule has 2 saturated heterocycles. The van der Waals surface area contributed by atoms with Crippen LogP contribution in [0.2, 0.25) is 0 Å². The number of aromatic nitrogens is 2. The third-order valence-corrected chi connectivity index (χ3v) is 8.00. The van der Waals surface area contributed by atoms with Crippen molar-refractivity contribution in [3.63, 3.8) is 0 Å². The second-order valence-electron chi connectivity index (χ2n) is 10.4. The van der Waals surface area contributed by atoms with E-state index in [1.54, 1.807) is 0 Å². The van der Waals surface area contributed by atoms with Gasteiger partial charge in [0.25, 0.3) is 0 Å². The van der Waals surface area contributed by atoms with E-state index in [0.717, 1.165) is 62.8 Å². The normalized spacial score (nSPS) is 24.3. The fourth-order valence-corrected chi connectivity index (χ4v) is 5.99. The molecule has 34 heavy (non-hydrogen) atoms. The molecule has 0 spiro atoms. The molecule has 4 heterocycles. The zero-order valence-corrected chi connectivity index (χ0v) is 20.8. The number of hydrogen-bond donors (Lipinski definition) is 1. The van der Waals surface area contributed by atoms with E-state index in [1.165, 1.54) is 24.1 Å². The number of rotatable bonds is 2. The summed E-state index contributed by atoms with van der Waals surface area (Å²) in [6, 6.07) is 11.5. The minimum Gasteiger partial charge on any atom is -0.385 e. The summed E-state index contributed by atoms with van der Waals surface area (Å²) in [6.07, 6.45) is 5.26. The van der Waals surface area contributed by atoms with E-state index in [2.05, 4.69) is 61.3 Å². The highest BCUT2D eigenvalue weighted by Gasteiger charge is 2.35. The van der Waals surface area contributed by atoms with Crippen molar-refractivity contribution < 1.29 is 4.79 Å². The molecule has 1 aromatic carbocycles. The fraction of sp³-hybridized carbons (Fsp3) is 0.593. The number of likely N-dealkylation sites (N-methyl/N-ethyl adjacent to an activating group) is 1. The number of amides is 1. The van der Waals surface area contributed by atoms with Crippen LogP contribution in [-0.2, 0) is 11.3 Å². The molecule has 0 radical (unpaired) electrons. The number of aryl methyl sites for hydroxylation is 2. The quantitative estimate of drug-likeness (QED) is 0.736. The summed E-state index contributed by atoms with van der Waals surface area (Å²) in [5, 5.41) is 3.65. The summed E-state index contributed by atoms with van der Waals surface area (Å²) in [7, 11) is 2.25. The maximum Gasteiger partial charge on any atom is 0.226 e. The molecule has 7 heteroatoms. The van der Waals surface area contributed by atoms with Gasteiger partial charge in [0, 0.05) is 67.8 Å². The lowest BCUT2D eigenvalue weighted by atomic mass is 9.94. The average Bonchev–Trinajstić information content (AvgIpc) is 3.16. The van der Waals surface area contributed by atoms with Crippen molar-refractivity contribution in [2.45, 2.75) is 64.6 Å². The first kappa shape index (κ1) is 23.1. The third kappa shape index (κ3) is 4.90. The molecule has 2 bridgehead atoms. The predicted octanol–water partition coefficient (Wildman–Crippen LogP) is 3.62. The molecule has 182 valence electrons. The molecule has 1 amide bonds. The lowest BCUT2D eigenvalue weighted by Crippen LogP contribution is -2.47. The molecule has 2 atom stereocenters. The summed E-state index contributed by atoms with van der Waals surface area (Å²) >= 11 is 0. The number of fused-ring (bicyclic) bond motifs is 3. The molecule has 0 saturated carbocycles. The van der Waals surface area contributed by atoms with Crippen LogP contribution in [0.1, 0.15) is 49.1 Å². The van der Waals surface area contributed by atoms with E-state index in [4.69, 9.17) is 0 Å². The van der Waals surface area contributed by atoms with Crippen LogP contribution in [0.4, 0.5) is 11.6 Å². The van der Waals surface area contributed by atoms with Crippen LogP contribution in [0.15, 0.2) is 30.3 Å². The van der Waals surface area contributed by atoms with Gasteiger partial charge in [0.1, 0.15) is 0 Å². The molecule has 3 aliphatic rings. The lowest BCUT2D eigenvalue weighted by Gasteiger charge is -2.36. The van der Waals surface area contributed by atoms with Crippen LogP contribution >= 0.6 is 0 Å². The number of carbonyl (C=O) groups is 1. The Hall–Kier alpha value is -2.67. The molecule has 7 nitrogen and oxygen atoms in total. The SMILES string of the molecule is Cc1cc(C)nc(N2CCC(C(=O)N3Cc4ccccc4NCC[C@@H]4CC[C@H](C3)N4C)CC2)n1. The van der Waals surface area contributed by atoms with E-state index in [-0.39, 0.29) is 5.92 Å². The Morgan fingerprint density at radius 3 is 2.44 bits per heavy atom. The maximum atomic E-state index is 13.9. The van der Waals surface area contributed by atoms with Gasteiger partial charge in [-0.3, -0.25) is 9.69 Å². The van der Waals surface area contributed by atoms with Crippen molar-refractivity contribution >= 4 is 17.5 Å². The maximum absolute atomic E-state index is 13.9. The Labute approximate surface area is 203 Å². The van der Waals surface area contributed by atoms with Gasteiger partial charge in [-0.05, 0) is 70.7 Å². The van der Waals surface area contributed by atoms with Gasteiger partial charge in [-0.25, -0.2) is 9.97 Å². The fourth-order valence-electron chi connectivity index (χ4n) is 5.99. The first-order chi connectivity index (χ1) is 16.5. The van der Waals surface area contributed by atoms with E-state index in [1.807, 2.05) is 19.9 Å². The average molecular weight is 463 g/mol. The topological polar surface area (TPSA) is 64.6 Å². The highest BCUT2D eigenvalue weighted by molar-refractivity contribution is 5.79. The van der Waals surface area contributed by atoms with Crippen molar-refractivity contribution in [1.82, 2.24) is 19.8 Å². The van der Waals surface area contributed by atoms with Gasteiger partial charge in [0.2, 0.25) is 11.9 Å². The van der Waals surface area contributed by atoms with Crippen molar-refractivity contribution in [1.29, 1.82) is 0 Å². The highest BCUT2D eigenvalue weighted by atomic mass is 16.2. The Bertz CT molecular complexity index is 998. The monoisotopic (exact) mass is 462 g/mol. The van der Waals surface area contributed by atoms with Gasteiger partial charge in [-0.2, -0.15) is 0 Å². The Morgan fingerprint density at radius 1 is 0.971 bits per heavy atom. The first-order valence-corrected chi connectivity index (χ1v) is 12.9. The summed E-state index contributed by atoms with van der Waals surface area (Å²) in [5.74, 6) is 1.18. The molecular weight excluding hydrogens is 424 g/mol. The van der Waals surface area contributed by atoms with Crippen molar-refractivity contribution in [2.24, 2.45) is 5.92 Å². The van der Waals surface area contributed by atoms with Crippen LogP contribution in [0.3, 0.4) is 0 Å². The van der Waals surface area contributed by atoms with Crippen LogP contribution in [-0.4, -0.2) is 71.0 Å². The molecule has 1 aromatic heterocycles. The zero-order chi connectivity index (χ0) is 23.7. The molecule has 0 aliphatic carbocycles. The minimum absolute atomic E-state index is 0.0647. The molecule has 3 aliphatic heterocycles. The van der Waals surface area contributed by atoms with Crippen LogP contribution < -0.4 is 10.2 Å². The molecule has 2 aromatic rings. The van der Waals surface area contributed by atoms with Gasteiger partial charge in [-0.1, -0.05) is 18.2 Å². The lowest BCUT2D eigenvalue weighted by molar-refractivity contribution is -0.137. The summed E-state index contributed by atoms with van der Waals surface area (Å²) in [4.78, 5) is 30.1. The number of para-hydroxylation sites is 1. The number of piperidine rings is 1. The summed E-state index contributed by atoms with van der Waals surface area (Å²) in [5.41, 5.74) is 4.38. The summed E-state index contributed by atoms with van der Waals surface area (Å²) < 4.78 is 0. The van der Waals surface area contributed by atoms with Gasteiger partial charge < -0.3 is 15.1 Å². The minimum atomic E-state index is 0.0647. The van der Waals surface area contributed by atoms with Crippen LogP contribution in [0.25, 0.3) is 0 Å². The summed E-state index contributed by atoms with van der Waals surface area (Å²) in [6.45, 7) is 8.17. The van der Waals surface area contributed by atoms with E-state index in [9.17, 15) is 4.79 Å². The number of hydrogen-bond acceptors (Lipinski definition) is 6. The number of carbonyl (C=O) groups excluding carboxylic acids is 1. The van der Waals surface area contributed by atoms with Crippen molar-refractivity contribution in [3.05, 3.63) is 47.3 Å². The van der Waals surface area contributed by atoms with Crippen LogP contribution in [0.5, 0.6) is 0 Å². The van der Waals surface area contributed by atoms with Gasteiger partial charge in [0.15, 0.2) is 0 Å². The van der Waals surface area contributed by atoms with Gasteiger partial charge in [-0.15, -0.1) is 0 Å². The largest absolute Gasteiger partial charge is 0.385 e. The molecule has 5 rings (SSSR count). The third-order valence-electron chi connectivity index (χ3n) is 8.00. The number of anilines is 2. The van der Waals surface area contributed by atoms with Gasteiger partial charge >= 0.3 is 0 Å². The predicted molar refractivity (Wildman–Crippen MR) is 136 cm³/mol. The van der Waals surface area contributed by atoms with Crippen molar-refractivity contribution in [3.8, 4) is 0 Å². The van der Waals surface area contributed by atoms with Crippen molar-refractivity contribution in [2.75, 3.05) is 43.4 Å². The second kappa shape index (κ2) is 9.90. The smallest absolute Gasteiger partial charge is 0.226 e. The molecular formula is C27H38N6O. The molecule has 0 unspecified atom stereocenters. The Kier molecular flexibility index (Phi) is 6.73. The zero-order valence-electron chi connectivity index (χ0n) is 20.8. The number of benzene rings is 1. The molecule has 2 fully saturated rings. The van der Waals surface area contributed by atoms with E-state index >= 15 is 0 Å². The Morgan fingerprint density at radius 2 is 1.68 bits per heavy atom. The first-order valence-electron chi connectivity index (χ1n) is 12.9. The number of nitrogens with zero attached hydrogens (tertiary/aromatic N) is 5.